The molecule has 2 aliphatic rings. The number of amides is 1. The van der Waals surface area contributed by atoms with Gasteiger partial charge in [-0.15, -0.1) is 0 Å². The largest absolute Gasteiger partial charge is 0.467 e. The highest BCUT2D eigenvalue weighted by Crippen LogP contribution is 2.52. The SMILES string of the molecule is COC(=O)[C@H](CC1(C)CC1)NC(=O)C1(c2ccc(Cl)cc2Cl)CC1. The van der Waals surface area contributed by atoms with E-state index in [1.54, 1.807) is 18.2 Å². The molecule has 0 saturated heterocycles. The van der Waals surface area contributed by atoms with Crippen LogP contribution in [0.2, 0.25) is 10.0 Å². The molecular formula is C18H21Cl2NO3. The van der Waals surface area contributed by atoms with Crippen LogP contribution in [0.25, 0.3) is 0 Å². The number of nitrogens with one attached hydrogen (secondary N) is 1. The number of esters is 1. The number of benzene rings is 1. The molecule has 1 amide bonds. The van der Waals surface area contributed by atoms with E-state index in [9.17, 15) is 9.59 Å². The van der Waals surface area contributed by atoms with Crippen molar-refractivity contribution in [1.82, 2.24) is 5.32 Å². The minimum absolute atomic E-state index is 0.126. The number of rotatable bonds is 6. The lowest BCUT2D eigenvalue weighted by atomic mass is 9.93. The predicted octanol–water partition coefficient (Wildman–Crippen LogP) is 3.87. The van der Waals surface area contributed by atoms with Crippen LogP contribution in [0.5, 0.6) is 0 Å². The number of carbonyl (C=O) groups is 2. The zero-order chi connectivity index (χ0) is 17.5. The lowest BCUT2D eigenvalue weighted by molar-refractivity contribution is -0.146. The molecule has 0 unspecified atom stereocenters. The van der Waals surface area contributed by atoms with E-state index in [1.165, 1.54) is 7.11 Å². The van der Waals surface area contributed by atoms with Gasteiger partial charge in [0.25, 0.3) is 0 Å². The van der Waals surface area contributed by atoms with Crippen LogP contribution in [0.15, 0.2) is 18.2 Å². The number of carbonyl (C=O) groups excluding carboxylic acids is 2. The molecule has 0 spiro atoms. The molecule has 1 N–H and O–H groups in total. The van der Waals surface area contributed by atoms with Crippen LogP contribution < -0.4 is 5.32 Å². The normalized spacial score (nSPS) is 20.8. The average Bonchev–Trinajstić information content (AvgIpc) is 3.44. The molecule has 3 rings (SSSR count). The van der Waals surface area contributed by atoms with Crippen molar-refractivity contribution in [1.29, 1.82) is 0 Å². The van der Waals surface area contributed by atoms with Gasteiger partial charge in [-0.1, -0.05) is 36.2 Å². The Morgan fingerprint density at radius 1 is 1.25 bits per heavy atom. The standard InChI is InChI=1S/C18H21Cl2NO3/c1-17(5-6-17)10-14(15(22)24-2)21-16(23)18(7-8-18)12-4-3-11(19)9-13(12)20/h3-4,9,14H,5-8,10H2,1-2H3,(H,21,23)/t14-/m0/s1. The second kappa shape index (κ2) is 6.23. The maximum absolute atomic E-state index is 12.9. The molecule has 0 bridgehead atoms. The molecule has 2 fully saturated rings. The Labute approximate surface area is 151 Å². The Hall–Kier alpha value is -1.26. The van der Waals surface area contributed by atoms with Crippen LogP contribution in [0.3, 0.4) is 0 Å². The van der Waals surface area contributed by atoms with Gasteiger partial charge in [-0.25, -0.2) is 4.79 Å². The molecule has 2 aliphatic carbocycles. The maximum Gasteiger partial charge on any atom is 0.328 e. The summed E-state index contributed by atoms with van der Waals surface area (Å²) in [5, 5.41) is 3.92. The lowest BCUT2D eigenvalue weighted by Crippen LogP contribution is -2.47. The van der Waals surface area contributed by atoms with Crippen molar-refractivity contribution in [3.63, 3.8) is 0 Å². The van der Waals surface area contributed by atoms with E-state index in [0.29, 0.717) is 29.3 Å². The Kier molecular flexibility index (Phi) is 4.56. The molecule has 1 aromatic rings. The van der Waals surface area contributed by atoms with Gasteiger partial charge in [0.1, 0.15) is 6.04 Å². The van der Waals surface area contributed by atoms with Crippen molar-refractivity contribution in [2.24, 2.45) is 5.41 Å². The smallest absolute Gasteiger partial charge is 0.328 e. The van der Waals surface area contributed by atoms with Gasteiger partial charge in [0.05, 0.1) is 12.5 Å². The van der Waals surface area contributed by atoms with Crippen molar-refractivity contribution in [3.05, 3.63) is 33.8 Å². The number of hydrogen-bond donors (Lipinski definition) is 1. The summed E-state index contributed by atoms with van der Waals surface area (Å²) in [6.45, 7) is 2.12. The molecule has 0 radical (unpaired) electrons. The van der Waals surface area contributed by atoms with Gasteiger partial charge in [-0.2, -0.15) is 0 Å². The Balaban J connectivity index is 1.78. The first kappa shape index (κ1) is 17.6. The van der Waals surface area contributed by atoms with E-state index >= 15 is 0 Å². The molecule has 1 aromatic carbocycles. The van der Waals surface area contributed by atoms with E-state index in [2.05, 4.69) is 12.2 Å². The van der Waals surface area contributed by atoms with Gasteiger partial charge in [0.15, 0.2) is 0 Å². The fraction of sp³-hybridized carbons (Fsp3) is 0.556. The molecule has 2 saturated carbocycles. The molecule has 130 valence electrons. The summed E-state index contributed by atoms with van der Waals surface area (Å²) in [5.41, 5.74) is 0.242. The fourth-order valence-electron chi connectivity index (χ4n) is 3.16. The van der Waals surface area contributed by atoms with Gasteiger partial charge < -0.3 is 10.1 Å². The van der Waals surface area contributed by atoms with E-state index in [4.69, 9.17) is 27.9 Å². The molecule has 0 aliphatic heterocycles. The summed E-state index contributed by atoms with van der Waals surface area (Å²) < 4.78 is 4.87. The topological polar surface area (TPSA) is 55.4 Å². The minimum Gasteiger partial charge on any atom is -0.467 e. The highest BCUT2D eigenvalue weighted by molar-refractivity contribution is 6.35. The number of methoxy groups -OCH3 is 1. The van der Waals surface area contributed by atoms with Crippen molar-refractivity contribution in [3.8, 4) is 0 Å². The Morgan fingerprint density at radius 3 is 2.42 bits per heavy atom. The first-order valence-electron chi connectivity index (χ1n) is 8.14. The van der Waals surface area contributed by atoms with E-state index < -0.39 is 17.4 Å². The number of hydrogen-bond acceptors (Lipinski definition) is 3. The first-order chi connectivity index (χ1) is 11.3. The van der Waals surface area contributed by atoms with Crippen molar-refractivity contribution < 1.29 is 14.3 Å². The number of ether oxygens (including phenoxy) is 1. The summed E-state index contributed by atoms with van der Waals surface area (Å²) >= 11 is 12.2. The minimum atomic E-state index is -0.654. The highest BCUT2D eigenvalue weighted by atomic mass is 35.5. The van der Waals surface area contributed by atoms with Crippen LogP contribution in [0.4, 0.5) is 0 Å². The molecule has 6 heteroatoms. The third kappa shape index (κ3) is 3.40. The van der Waals surface area contributed by atoms with Crippen molar-refractivity contribution in [2.75, 3.05) is 7.11 Å². The average molecular weight is 370 g/mol. The zero-order valence-electron chi connectivity index (χ0n) is 13.8. The van der Waals surface area contributed by atoms with Crippen LogP contribution in [-0.2, 0) is 19.7 Å². The number of halogens is 2. The van der Waals surface area contributed by atoms with E-state index in [0.717, 1.165) is 18.4 Å². The molecule has 24 heavy (non-hydrogen) atoms. The van der Waals surface area contributed by atoms with Gasteiger partial charge in [-0.05, 0) is 55.2 Å². The predicted molar refractivity (Wildman–Crippen MR) is 93.3 cm³/mol. The summed E-state index contributed by atoms with van der Waals surface area (Å²) in [6.07, 6.45) is 4.18. The van der Waals surface area contributed by atoms with Gasteiger partial charge in [-0.3, -0.25) is 4.79 Å². The van der Waals surface area contributed by atoms with E-state index in [1.807, 2.05) is 0 Å². The quantitative estimate of drug-likeness (QED) is 0.774. The Morgan fingerprint density at radius 2 is 1.92 bits per heavy atom. The summed E-state index contributed by atoms with van der Waals surface area (Å²) in [4.78, 5) is 25.0. The van der Waals surface area contributed by atoms with Crippen LogP contribution >= 0.6 is 23.2 Å². The first-order valence-corrected chi connectivity index (χ1v) is 8.90. The molecule has 0 heterocycles. The molecule has 4 nitrogen and oxygen atoms in total. The second-order valence-corrected chi connectivity index (χ2v) is 8.11. The van der Waals surface area contributed by atoms with Crippen molar-refractivity contribution in [2.45, 2.75) is 50.5 Å². The fourth-order valence-corrected chi connectivity index (χ4v) is 3.75. The van der Waals surface area contributed by atoms with Crippen LogP contribution in [0, 0.1) is 5.41 Å². The van der Waals surface area contributed by atoms with Gasteiger partial charge in [0.2, 0.25) is 5.91 Å². The zero-order valence-corrected chi connectivity index (χ0v) is 15.3. The molecule has 0 aromatic heterocycles. The lowest BCUT2D eigenvalue weighted by Gasteiger charge is -2.24. The van der Waals surface area contributed by atoms with E-state index in [-0.39, 0.29) is 11.3 Å². The van der Waals surface area contributed by atoms with Crippen molar-refractivity contribution >= 4 is 35.1 Å². The molecular weight excluding hydrogens is 349 g/mol. The summed E-state index contributed by atoms with van der Waals surface area (Å²) in [6, 6.07) is 4.57. The second-order valence-electron chi connectivity index (χ2n) is 7.27. The van der Waals surface area contributed by atoms with Crippen LogP contribution in [-0.4, -0.2) is 25.0 Å². The third-order valence-corrected chi connectivity index (χ3v) is 5.77. The molecule has 1 atom stereocenters. The maximum atomic E-state index is 12.9. The van der Waals surface area contributed by atoms with Gasteiger partial charge in [0, 0.05) is 10.0 Å². The van der Waals surface area contributed by atoms with Crippen LogP contribution in [0.1, 0.15) is 44.6 Å². The monoisotopic (exact) mass is 369 g/mol. The summed E-state index contributed by atoms with van der Waals surface area (Å²) in [7, 11) is 1.35. The summed E-state index contributed by atoms with van der Waals surface area (Å²) in [5.74, 6) is -0.555. The Bertz CT molecular complexity index is 681. The van der Waals surface area contributed by atoms with Gasteiger partial charge >= 0.3 is 5.97 Å². The highest BCUT2D eigenvalue weighted by Gasteiger charge is 2.53. The third-order valence-electron chi connectivity index (χ3n) is 5.22.